The van der Waals surface area contributed by atoms with E-state index in [4.69, 9.17) is 4.74 Å². The highest BCUT2D eigenvalue weighted by molar-refractivity contribution is 5.92. The van der Waals surface area contributed by atoms with Gasteiger partial charge in [-0.2, -0.15) is 0 Å². The summed E-state index contributed by atoms with van der Waals surface area (Å²) in [4.78, 5) is 16.6. The number of fused-ring (bicyclic) bond motifs is 1. The van der Waals surface area contributed by atoms with Crippen molar-refractivity contribution >= 4 is 22.9 Å². The van der Waals surface area contributed by atoms with E-state index in [-0.39, 0.29) is 18.3 Å². The number of amides is 1. The Morgan fingerprint density at radius 2 is 1.86 bits per heavy atom. The molecule has 1 amide bonds. The van der Waals surface area contributed by atoms with Gasteiger partial charge in [0, 0.05) is 25.5 Å². The number of ether oxygens (including phenoxy) is 1. The van der Waals surface area contributed by atoms with Crippen LogP contribution in [0.2, 0.25) is 0 Å². The van der Waals surface area contributed by atoms with Crippen molar-refractivity contribution in [1.29, 1.82) is 0 Å². The van der Waals surface area contributed by atoms with E-state index in [1.807, 2.05) is 44.4 Å². The second kappa shape index (κ2) is 7.98. The molecule has 0 spiro atoms. The van der Waals surface area contributed by atoms with Crippen molar-refractivity contribution in [2.24, 2.45) is 0 Å². The molecule has 0 radical (unpaired) electrons. The lowest BCUT2D eigenvalue weighted by Crippen LogP contribution is -2.17. The van der Waals surface area contributed by atoms with Crippen LogP contribution in [0, 0.1) is 33.5 Å². The minimum Gasteiger partial charge on any atom is -0.378 e. The summed E-state index contributed by atoms with van der Waals surface area (Å²) < 4.78 is 20.4. The van der Waals surface area contributed by atoms with Gasteiger partial charge in [-0.15, -0.1) is 0 Å². The second-order valence-corrected chi connectivity index (χ2v) is 6.97. The number of pyridine rings is 1. The number of nitrogens with one attached hydrogen (secondary N) is 2. The molecule has 148 valence electrons. The number of anilines is 2. The number of carbonyl (C=O) groups excluding carboxylic acids is 1. The molecule has 1 aromatic carbocycles. The number of carbonyl (C=O) groups is 1. The number of benzene rings is 1. The third-order valence-electron chi connectivity index (χ3n) is 4.87. The Morgan fingerprint density at radius 1 is 1.18 bits per heavy atom. The van der Waals surface area contributed by atoms with E-state index in [1.54, 1.807) is 0 Å². The zero-order valence-corrected chi connectivity index (χ0v) is 16.8. The summed E-state index contributed by atoms with van der Waals surface area (Å²) in [6.07, 6.45) is 1.85. The number of aromatic nitrogens is 2. The SMILES string of the molecule is COCC(=O)Nc1cc(NCc2c(C)cc(F)cc2C)c2nc(C)c(C)n2c1. The number of rotatable bonds is 6. The Labute approximate surface area is 163 Å². The van der Waals surface area contributed by atoms with Crippen molar-refractivity contribution in [2.45, 2.75) is 34.2 Å². The van der Waals surface area contributed by atoms with Crippen LogP contribution in [-0.2, 0) is 16.1 Å². The Bertz CT molecular complexity index is 1020. The molecule has 3 aromatic rings. The number of hydrogen-bond donors (Lipinski definition) is 2. The molecule has 0 saturated carbocycles. The zero-order valence-electron chi connectivity index (χ0n) is 16.8. The van der Waals surface area contributed by atoms with Crippen LogP contribution in [-0.4, -0.2) is 29.0 Å². The lowest BCUT2D eigenvalue weighted by molar-refractivity contribution is -0.119. The Morgan fingerprint density at radius 3 is 2.50 bits per heavy atom. The van der Waals surface area contributed by atoms with Crippen molar-refractivity contribution in [2.75, 3.05) is 24.4 Å². The van der Waals surface area contributed by atoms with Gasteiger partial charge in [0.1, 0.15) is 12.4 Å². The van der Waals surface area contributed by atoms with Crippen molar-refractivity contribution in [3.8, 4) is 0 Å². The molecule has 7 heteroatoms. The molecular formula is C21H25FN4O2. The van der Waals surface area contributed by atoms with Crippen LogP contribution in [0.4, 0.5) is 15.8 Å². The molecule has 3 rings (SSSR count). The predicted octanol–water partition coefficient (Wildman–Crippen LogP) is 3.90. The summed E-state index contributed by atoms with van der Waals surface area (Å²) in [5.41, 5.74) is 6.93. The summed E-state index contributed by atoms with van der Waals surface area (Å²) in [7, 11) is 1.48. The predicted molar refractivity (Wildman–Crippen MR) is 108 cm³/mol. The fraction of sp³-hybridized carbons (Fsp3) is 0.333. The number of imidazole rings is 1. The van der Waals surface area contributed by atoms with Crippen LogP contribution >= 0.6 is 0 Å². The molecule has 2 heterocycles. The lowest BCUT2D eigenvalue weighted by atomic mass is 10.0. The van der Waals surface area contributed by atoms with Crippen molar-refractivity contribution in [3.63, 3.8) is 0 Å². The van der Waals surface area contributed by atoms with E-state index in [0.717, 1.165) is 39.4 Å². The standard InChI is InChI=1S/C21H25FN4O2/c1-12-6-16(22)7-13(2)18(12)9-23-19-8-17(25-20(27)11-28-5)10-26-15(4)14(3)24-21(19)26/h6-8,10,23H,9,11H2,1-5H3,(H,25,27). The third kappa shape index (κ3) is 3.99. The third-order valence-corrected chi connectivity index (χ3v) is 4.87. The molecule has 0 aliphatic heterocycles. The summed E-state index contributed by atoms with van der Waals surface area (Å²) >= 11 is 0. The van der Waals surface area contributed by atoms with E-state index in [0.29, 0.717) is 12.2 Å². The van der Waals surface area contributed by atoms with Gasteiger partial charge in [0.25, 0.3) is 0 Å². The molecule has 0 bridgehead atoms. The smallest absolute Gasteiger partial charge is 0.250 e. The van der Waals surface area contributed by atoms with Gasteiger partial charge in [0.2, 0.25) is 5.91 Å². The summed E-state index contributed by atoms with van der Waals surface area (Å²) in [5, 5.41) is 6.24. The molecule has 28 heavy (non-hydrogen) atoms. The molecule has 2 N–H and O–H groups in total. The highest BCUT2D eigenvalue weighted by atomic mass is 19.1. The van der Waals surface area contributed by atoms with Gasteiger partial charge in [0.15, 0.2) is 5.65 Å². The summed E-state index contributed by atoms with van der Waals surface area (Å²) in [6.45, 7) is 8.23. The normalized spacial score (nSPS) is 11.1. The molecule has 2 aromatic heterocycles. The minimum atomic E-state index is -0.233. The monoisotopic (exact) mass is 384 g/mol. The van der Waals surface area contributed by atoms with E-state index in [9.17, 15) is 9.18 Å². The van der Waals surface area contributed by atoms with E-state index in [2.05, 4.69) is 15.6 Å². The van der Waals surface area contributed by atoms with Crippen LogP contribution in [0.1, 0.15) is 28.1 Å². The van der Waals surface area contributed by atoms with Crippen molar-refractivity contribution in [3.05, 3.63) is 58.3 Å². The molecule has 0 unspecified atom stereocenters. The average molecular weight is 384 g/mol. The number of methoxy groups -OCH3 is 1. The van der Waals surface area contributed by atoms with E-state index in [1.165, 1.54) is 19.2 Å². The largest absolute Gasteiger partial charge is 0.378 e. The first kappa shape index (κ1) is 19.8. The van der Waals surface area contributed by atoms with Gasteiger partial charge in [-0.25, -0.2) is 9.37 Å². The van der Waals surface area contributed by atoms with Crippen molar-refractivity contribution < 1.29 is 13.9 Å². The highest BCUT2D eigenvalue weighted by Crippen LogP contribution is 2.26. The topological polar surface area (TPSA) is 67.7 Å². The minimum absolute atomic E-state index is 0.0172. The van der Waals surface area contributed by atoms with Gasteiger partial charge in [-0.3, -0.25) is 4.79 Å². The first-order valence-corrected chi connectivity index (χ1v) is 9.07. The maximum atomic E-state index is 13.6. The Hall–Kier alpha value is -2.93. The fourth-order valence-electron chi connectivity index (χ4n) is 3.30. The van der Waals surface area contributed by atoms with Gasteiger partial charge >= 0.3 is 0 Å². The van der Waals surface area contributed by atoms with Crippen molar-refractivity contribution in [1.82, 2.24) is 9.38 Å². The quantitative estimate of drug-likeness (QED) is 0.676. The van der Waals surface area contributed by atoms with Gasteiger partial charge < -0.3 is 19.8 Å². The highest BCUT2D eigenvalue weighted by Gasteiger charge is 2.13. The molecule has 0 fully saturated rings. The molecule has 0 atom stereocenters. The van der Waals surface area contributed by atoms with Crippen LogP contribution in [0.25, 0.3) is 5.65 Å². The second-order valence-electron chi connectivity index (χ2n) is 6.97. The molecule has 6 nitrogen and oxygen atoms in total. The first-order valence-electron chi connectivity index (χ1n) is 9.07. The van der Waals surface area contributed by atoms with Crippen LogP contribution in [0.5, 0.6) is 0 Å². The van der Waals surface area contributed by atoms with Crippen LogP contribution < -0.4 is 10.6 Å². The van der Waals surface area contributed by atoms with Gasteiger partial charge in [-0.1, -0.05) is 0 Å². The molecule has 0 aliphatic rings. The molecular weight excluding hydrogens is 359 g/mol. The number of halogens is 1. The molecule has 0 saturated heterocycles. The molecule has 0 aliphatic carbocycles. The van der Waals surface area contributed by atoms with E-state index >= 15 is 0 Å². The maximum Gasteiger partial charge on any atom is 0.250 e. The average Bonchev–Trinajstić information content (AvgIpc) is 2.89. The lowest BCUT2D eigenvalue weighted by Gasteiger charge is -2.15. The van der Waals surface area contributed by atoms with Crippen LogP contribution in [0.15, 0.2) is 24.4 Å². The van der Waals surface area contributed by atoms with Gasteiger partial charge in [-0.05, 0) is 62.6 Å². The Kier molecular flexibility index (Phi) is 5.65. The first-order chi connectivity index (χ1) is 13.3. The summed E-state index contributed by atoms with van der Waals surface area (Å²) in [5.74, 6) is -0.462. The Balaban J connectivity index is 1.97. The number of hydrogen-bond acceptors (Lipinski definition) is 4. The number of aryl methyl sites for hydroxylation is 4. The van der Waals surface area contributed by atoms with Gasteiger partial charge in [0.05, 0.1) is 17.1 Å². The van der Waals surface area contributed by atoms with Crippen LogP contribution in [0.3, 0.4) is 0 Å². The zero-order chi connectivity index (χ0) is 20.4. The summed E-state index contributed by atoms with van der Waals surface area (Å²) in [6, 6.07) is 4.92. The van der Waals surface area contributed by atoms with E-state index < -0.39 is 0 Å². The maximum absolute atomic E-state index is 13.6. The number of nitrogens with zero attached hydrogens (tertiary/aromatic N) is 2. The fourth-order valence-corrected chi connectivity index (χ4v) is 3.30.